The Morgan fingerprint density at radius 1 is 0.667 bits per heavy atom. The average Bonchev–Trinajstić information content (AvgIpc) is 1.12. The van der Waals surface area contributed by atoms with E-state index in [-0.39, 0.29) is 45.5 Å². The summed E-state index contributed by atoms with van der Waals surface area (Å²) in [5.41, 5.74) is 2.20. The molecule has 2 amide bonds. The van der Waals surface area contributed by atoms with Gasteiger partial charge in [0.25, 0.3) is 11.8 Å². The Kier molecular flexibility index (Phi) is 13.6. The number of ketones is 2. The maximum Gasteiger partial charge on any atom is 0.260 e. The summed E-state index contributed by atoms with van der Waals surface area (Å²) in [4.78, 5) is 79.8. The Morgan fingerprint density at radius 2 is 1.15 bits per heavy atom. The third-order valence-corrected chi connectivity index (χ3v) is 12.1. The van der Waals surface area contributed by atoms with Crippen LogP contribution in [0.4, 0.5) is 11.6 Å². The Bertz CT molecular complexity index is 3560. The average molecular weight is 1090 g/mol. The van der Waals surface area contributed by atoms with Gasteiger partial charge < -0.3 is 4.90 Å². The van der Waals surface area contributed by atoms with Crippen LogP contribution >= 0.6 is 58.0 Å². The maximum absolute atomic E-state index is 13.4. The molecule has 0 N–H and O–H groups in total. The number of aliphatic imine (C=N–C) groups is 1. The fourth-order valence-electron chi connectivity index (χ4n) is 8.59. The van der Waals surface area contributed by atoms with Gasteiger partial charge in [0.2, 0.25) is 0 Å². The van der Waals surface area contributed by atoms with Gasteiger partial charge in [-0.3, -0.25) is 34.0 Å². The minimum absolute atomic E-state index is 0.123. The van der Waals surface area contributed by atoms with Crippen molar-refractivity contribution >= 4 is 121 Å². The zero-order chi connectivity index (χ0) is 63.7. The maximum atomic E-state index is 13.4. The number of Topliss-reactive ketones (excluding diaryl/α,β-unsaturated/α-hetero) is 2. The molecule has 0 spiro atoms. The summed E-state index contributed by atoms with van der Waals surface area (Å²) in [5, 5.41) is 1.78. The minimum atomic E-state index is -3.39. The second-order valence-corrected chi connectivity index (χ2v) is 19.6. The number of anilines is 2. The smallest absolute Gasteiger partial charge is 0.260 e. The first-order chi connectivity index (χ1) is 39.9. The number of carbonyl (C=O) groups is 4. The first-order valence-electron chi connectivity index (χ1n) is 29.9. The number of piperidine rings is 1. The summed E-state index contributed by atoms with van der Waals surface area (Å²) in [6.45, 7) is -0.838. The Labute approximate surface area is 466 Å². The van der Waals surface area contributed by atoms with Crippen LogP contribution in [0.1, 0.15) is 155 Å². The van der Waals surface area contributed by atoms with Crippen molar-refractivity contribution in [3.63, 3.8) is 0 Å². The first-order valence-corrected chi connectivity index (χ1v) is 25.0. The number of rotatable bonds is 12. The van der Waals surface area contributed by atoms with Gasteiger partial charge in [0, 0.05) is 92.8 Å². The number of carbonyl (C=O) groups excluding carboxylic acids is 4. The lowest BCUT2D eigenvalue weighted by molar-refractivity contribution is -0.120. The number of hydrogen-bond donors (Lipinski definition) is 0. The lowest BCUT2D eigenvalue weighted by atomic mass is 9.97. The van der Waals surface area contributed by atoms with Crippen LogP contribution in [-0.4, -0.2) is 78.0 Å². The first kappa shape index (κ1) is 38.4. The number of fused-ring (bicyclic) bond motifs is 5. The van der Waals surface area contributed by atoms with Gasteiger partial charge in [0.05, 0.1) is 17.9 Å². The van der Waals surface area contributed by atoms with E-state index in [2.05, 4.69) is 29.8 Å². The molecule has 12 nitrogen and oxygen atoms in total. The standard InChI is InChI=1S/2C23H22ClN3O2.C8H14N2.CHCl3/c2*1-14(2)7-10-16(28)13-19-17-5-3-4-6-18(17)23(29)27(19)21-12-9-15-8-11-20(24)25-22(15)26-21;1-2-6-10-7-3-5-9-8(10)4-1;2-1(3)4/h2*3-6,8-9,11-12,14,19H,7,10,13H2,1-2H3;1-7H2;1H/i1D3,7D2,10D2,14D;1D3,7D2,14D;;. The number of amides is 2. The SMILES string of the molecule is C1CCN2CCCN=C2C1.ClC(Cl)Cl.[2H]C([2H])([2H])C([2H])(C)C([2H])([2H])C([2H])([2H])C(=O)CC1c2ccccc2C(=O)N1c1ccc2ccc(Cl)nc2n1.[2H]C([2H])([2H])C([2H])(C)C([2H])([2H])CC(=O)CC1c2ccccc2C(=O)N1c1ccc2ccc(Cl)nc2n1. The molecule has 8 heterocycles. The molecule has 0 saturated carbocycles. The summed E-state index contributed by atoms with van der Waals surface area (Å²) >= 11 is 26.4. The Hall–Kier alpha value is -5.24. The third-order valence-electron chi connectivity index (χ3n) is 11.7. The molecule has 4 atom stereocenters. The van der Waals surface area contributed by atoms with E-state index in [9.17, 15) is 19.2 Å². The highest BCUT2D eigenvalue weighted by molar-refractivity contribution is 6.63. The highest BCUT2D eigenvalue weighted by Crippen LogP contribution is 2.41. The molecular formula is C55H59Cl5N8O4. The molecule has 6 aromatic rings. The van der Waals surface area contributed by atoms with Gasteiger partial charge in [-0.25, -0.2) is 19.9 Å². The van der Waals surface area contributed by atoms with Gasteiger partial charge in [0.15, 0.2) is 15.6 Å². The molecule has 4 aromatic heterocycles. The van der Waals surface area contributed by atoms with Crippen LogP contribution in [-0.2, 0) is 9.59 Å². The summed E-state index contributed by atoms with van der Waals surface area (Å²) in [6, 6.07) is 24.6. The van der Waals surface area contributed by atoms with Crippen LogP contribution in [0.5, 0.6) is 0 Å². The van der Waals surface area contributed by atoms with Crippen LogP contribution in [0.3, 0.4) is 0 Å². The van der Waals surface area contributed by atoms with Crippen molar-refractivity contribution in [3.8, 4) is 0 Å². The molecule has 378 valence electrons. The van der Waals surface area contributed by atoms with Gasteiger partial charge in [-0.05, 0) is 116 Å². The van der Waals surface area contributed by atoms with E-state index in [0.717, 1.165) is 20.4 Å². The van der Waals surface area contributed by atoms with Crippen molar-refractivity contribution in [2.45, 2.75) is 108 Å². The van der Waals surface area contributed by atoms with E-state index in [0.29, 0.717) is 33.1 Å². The van der Waals surface area contributed by atoms with E-state index in [1.54, 1.807) is 97.1 Å². The van der Waals surface area contributed by atoms with E-state index in [1.165, 1.54) is 54.4 Å². The van der Waals surface area contributed by atoms with Crippen molar-refractivity contribution in [2.75, 3.05) is 29.4 Å². The number of benzene rings is 2. The van der Waals surface area contributed by atoms with Crippen LogP contribution < -0.4 is 9.80 Å². The molecule has 4 aliphatic rings. The van der Waals surface area contributed by atoms with Gasteiger partial charge in [-0.1, -0.05) is 122 Å². The summed E-state index contributed by atoms with van der Waals surface area (Å²) in [7, 11) is 0. The monoisotopic (exact) mass is 1080 g/mol. The predicted molar refractivity (Wildman–Crippen MR) is 292 cm³/mol. The molecule has 0 radical (unpaired) electrons. The fraction of sp³-hybridized carbons (Fsp3) is 0.400. The molecule has 0 aliphatic carbocycles. The Morgan fingerprint density at radius 3 is 1.68 bits per heavy atom. The zero-order valence-electron chi connectivity index (χ0n) is 53.1. The Balaban J connectivity index is 0.000000200. The van der Waals surface area contributed by atoms with Gasteiger partial charge in [-0.15, -0.1) is 0 Å². The number of halogens is 5. The van der Waals surface area contributed by atoms with Crippen molar-refractivity contribution in [1.82, 2.24) is 24.8 Å². The number of pyridine rings is 4. The third kappa shape index (κ3) is 14.1. The fourth-order valence-corrected chi connectivity index (χ4v) is 8.87. The van der Waals surface area contributed by atoms with Crippen molar-refractivity contribution < 1.29 is 38.4 Å². The van der Waals surface area contributed by atoms with E-state index in [1.807, 2.05) is 0 Å². The number of hydrogen-bond acceptors (Lipinski definition) is 10. The topological polar surface area (TPSA) is 142 Å². The van der Waals surface area contributed by atoms with Crippen LogP contribution in [0.15, 0.2) is 102 Å². The number of nitrogens with zero attached hydrogens (tertiary/aromatic N) is 8. The van der Waals surface area contributed by atoms with Crippen molar-refractivity contribution in [1.29, 1.82) is 0 Å². The van der Waals surface area contributed by atoms with Gasteiger partial charge >= 0.3 is 0 Å². The van der Waals surface area contributed by atoms with Crippen LogP contribution in [0, 0.1) is 11.8 Å². The number of amidine groups is 1. The molecule has 10 rings (SSSR count). The quantitative estimate of drug-likeness (QED) is 0.0864. The second-order valence-electron chi connectivity index (χ2n) is 16.8. The van der Waals surface area contributed by atoms with Gasteiger partial charge in [0.1, 0.15) is 33.5 Å². The lowest BCUT2D eigenvalue weighted by Crippen LogP contribution is -2.39. The second kappa shape index (κ2) is 25.6. The van der Waals surface area contributed by atoms with Gasteiger partial charge in [-0.2, -0.15) is 0 Å². The lowest BCUT2D eigenvalue weighted by Gasteiger charge is -2.32. The van der Waals surface area contributed by atoms with Crippen molar-refractivity contribution in [3.05, 3.63) is 130 Å². The van der Waals surface area contributed by atoms with E-state index >= 15 is 0 Å². The van der Waals surface area contributed by atoms with E-state index in [4.69, 9.17) is 77.2 Å². The summed E-state index contributed by atoms with van der Waals surface area (Å²) in [5.74, 6) is -6.45. The normalized spacial score (nSPS) is 22.3. The molecule has 2 aromatic carbocycles. The molecular weight excluding hydrogens is 1010 g/mol. The molecule has 72 heavy (non-hydrogen) atoms. The molecule has 0 bridgehead atoms. The van der Waals surface area contributed by atoms with Crippen LogP contribution in [0.25, 0.3) is 22.1 Å². The minimum Gasteiger partial charge on any atom is -0.360 e. The molecule has 4 unspecified atom stereocenters. The highest BCUT2D eigenvalue weighted by Gasteiger charge is 2.40. The van der Waals surface area contributed by atoms with E-state index < -0.39 is 91.3 Å². The number of alkyl halides is 3. The molecule has 1 fully saturated rings. The molecule has 17 heteroatoms. The zero-order valence-corrected chi connectivity index (χ0v) is 42.9. The number of aromatic nitrogens is 4. The van der Waals surface area contributed by atoms with Crippen LogP contribution in [0.2, 0.25) is 10.3 Å². The highest BCUT2D eigenvalue weighted by atomic mass is 35.6. The summed E-state index contributed by atoms with van der Waals surface area (Å²) < 4.78 is 110. The summed E-state index contributed by atoms with van der Waals surface area (Å²) in [6.07, 6.45) is -5.89. The predicted octanol–water partition coefficient (Wildman–Crippen LogP) is 14.0. The molecule has 1 saturated heterocycles. The molecule has 4 aliphatic heterocycles. The van der Waals surface area contributed by atoms with Crippen molar-refractivity contribution in [2.24, 2.45) is 16.8 Å². The largest absolute Gasteiger partial charge is 0.360 e.